The summed E-state index contributed by atoms with van der Waals surface area (Å²) in [6, 6.07) is 10.5. The predicted octanol–water partition coefficient (Wildman–Crippen LogP) is 7.06. The molecule has 8 atom stereocenters. The van der Waals surface area contributed by atoms with Crippen LogP contribution < -0.4 is 5.32 Å². The lowest BCUT2D eigenvalue weighted by Gasteiger charge is -2.45. The Kier molecular flexibility index (Phi) is 15.8. The average molecular weight is 592 g/mol. The molecule has 1 aromatic rings. The molecule has 1 saturated carbocycles. The van der Waals surface area contributed by atoms with E-state index in [9.17, 15) is 0 Å². The molecule has 0 spiro atoms. The Morgan fingerprint density at radius 2 is 1.40 bits per heavy atom. The van der Waals surface area contributed by atoms with E-state index in [1.165, 1.54) is 5.56 Å². The molecule has 0 bridgehead atoms. The quantitative estimate of drug-likeness (QED) is 0.163. The maximum atomic E-state index is 6.87. The van der Waals surface area contributed by atoms with Crippen LogP contribution in [0, 0.1) is 5.92 Å². The average Bonchev–Trinajstić information content (AvgIpc) is 3.30. The zero-order valence-electron chi connectivity index (χ0n) is 27.6. The third-order valence-electron chi connectivity index (χ3n) is 8.53. The van der Waals surface area contributed by atoms with Crippen LogP contribution in [0.15, 0.2) is 30.3 Å². The van der Waals surface area contributed by atoms with E-state index in [4.69, 9.17) is 28.4 Å². The fourth-order valence-electron chi connectivity index (χ4n) is 6.12. The minimum Gasteiger partial charge on any atom is -0.375 e. The molecular weight excluding hydrogens is 530 g/mol. The fourth-order valence-corrected chi connectivity index (χ4v) is 6.12. The number of benzene rings is 1. The number of hydrogen-bond acceptors (Lipinski definition) is 7. The van der Waals surface area contributed by atoms with Gasteiger partial charge in [-0.05, 0) is 57.4 Å². The van der Waals surface area contributed by atoms with Crippen molar-refractivity contribution in [3.05, 3.63) is 35.9 Å². The molecule has 1 heterocycles. The van der Waals surface area contributed by atoms with Crippen molar-refractivity contribution >= 4 is 0 Å². The van der Waals surface area contributed by atoms with Gasteiger partial charge in [0.1, 0.15) is 18.3 Å². The summed E-state index contributed by atoms with van der Waals surface area (Å²) in [5.74, 6) is -0.321. The van der Waals surface area contributed by atoms with Gasteiger partial charge in [-0.2, -0.15) is 0 Å². The van der Waals surface area contributed by atoms with E-state index in [-0.39, 0.29) is 42.7 Å². The van der Waals surface area contributed by atoms with E-state index in [0.717, 1.165) is 64.5 Å². The summed E-state index contributed by atoms with van der Waals surface area (Å²) >= 11 is 0. The molecule has 0 radical (unpaired) electrons. The Labute approximate surface area is 256 Å². The molecule has 3 rings (SSSR count). The minimum absolute atomic E-state index is 0.000209. The second-order valence-corrected chi connectivity index (χ2v) is 12.7. The molecule has 1 aliphatic carbocycles. The van der Waals surface area contributed by atoms with Crippen molar-refractivity contribution in [1.29, 1.82) is 0 Å². The second-order valence-electron chi connectivity index (χ2n) is 12.7. The Morgan fingerprint density at radius 3 is 2.00 bits per heavy atom. The fraction of sp³-hybridized carbons (Fsp3) is 0.829. The summed E-state index contributed by atoms with van der Waals surface area (Å²) in [7, 11) is 0. The van der Waals surface area contributed by atoms with Crippen LogP contribution in [0.1, 0.15) is 105 Å². The lowest BCUT2D eigenvalue weighted by Crippen LogP contribution is -2.58. The van der Waals surface area contributed by atoms with Crippen molar-refractivity contribution in [3.63, 3.8) is 0 Å². The normalized spacial score (nSPS) is 30.0. The van der Waals surface area contributed by atoms with Crippen LogP contribution in [0.25, 0.3) is 0 Å². The third kappa shape index (κ3) is 10.8. The van der Waals surface area contributed by atoms with E-state index in [2.05, 4.69) is 70.3 Å². The summed E-state index contributed by atoms with van der Waals surface area (Å²) in [6.07, 6.45) is 7.62. The van der Waals surface area contributed by atoms with Crippen LogP contribution in [0.4, 0.5) is 0 Å². The van der Waals surface area contributed by atoms with Gasteiger partial charge >= 0.3 is 0 Å². The van der Waals surface area contributed by atoms with Gasteiger partial charge in [-0.15, -0.1) is 0 Å². The van der Waals surface area contributed by atoms with Crippen LogP contribution in [0.2, 0.25) is 0 Å². The first-order chi connectivity index (χ1) is 20.3. The van der Waals surface area contributed by atoms with Crippen LogP contribution in [-0.4, -0.2) is 74.9 Å². The Bertz CT molecular complexity index is 838. The van der Waals surface area contributed by atoms with Gasteiger partial charge in [0.2, 0.25) is 0 Å². The molecule has 2 aliphatic rings. The van der Waals surface area contributed by atoms with Crippen molar-refractivity contribution in [2.24, 2.45) is 5.92 Å². The second kappa shape index (κ2) is 18.7. The van der Waals surface area contributed by atoms with E-state index >= 15 is 0 Å². The maximum Gasteiger partial charge on any atom is 0.163 e. The highest BCUT2D eigenvalue weighted by Gasteiger charge is 2.48. The highest BCUT2D eigenvalue weighted by atomic mass is 16.8. The molecule has 0 aromatic heterocycles. The summed E-state index contributed by atoms with van der Waals surface area (Å²) in [4.78, 5) is 0. The summed E-state index contributed by atoms with van der Waals surface area (Å²) in [5.41, 5.74) is 1.23. The maximum absolute atomic E-state index is 6.87. The van der Waals surface area contributed by atoms with Crippen LogP contribution in [0.5, 0.6) is 0 Å². The predicted molar refractivity (Wildman–Crippen MR) is 169 cm³/mol. The lowest BCUT2D eigenvalue weighted by molar-refractivity contribution is -0.220. The van der Waals surface area contributed by atoms with Crippen LogP contribution in [-0.2, 0) is 35.0 Å². The first-order valence-corrected chi connectivity index (χ1v) is 16.9. The number of hydrogen-bond donors (Lipinski definition) is 1. The Morgan fingerprint density at radius 1 is 0.810 bits per heavy atom. The molecule has 1 aliphatic heterocycles. The van der Waals surface area contributed by atoms with Gasteiger partial charge < -0.3 is 33.7 Å². The molecule has 7 heteroatoms. The molecule has 1 aromatic carbocycles. The summed E-state index contributed by atoms with van der Waals surface area (Å²) in [5, 5.41) is 3.77. The zero-order valence-corrected chi connectivity index (χ0v) is 27.6. The van der Waals surface area contributed by atoms with E-state index in [0.29, 0.717) is 25.7 Å². The molecule has 2 fully saturated rings. The SMILES string of the molecule is CCCCOC1C(OCCCC)[C@@H](OC[C@H](NCc2ccccc2)[C@@H]2OC(C)(C)O[C@@H]2CC)CC(C)[C@@H]1OCCCC. The highest BCUT2D eigenvalue weighted by molar-refractivity contribution is 5.14. The van der Waals surface area contributed by atoms with Crippen molar-refractivity contribution in [1.82, 2.24) is 5.32 Å². The van der Waals surface area contributed by atoms with E-state index < -0.39 is 5.79 Å². The van der Waals surface area contributed by atoms with E-state index in [1.54, 1.807) is 0 Å². The minimum atomic E-state index is -0.621. The van der Waals surface area contributed by atoms with Gasteiger partial charge in [-0.25, -0.2) is 0 Å². The molecule has 42 heavy (non-hydrogen) atoms. The van der Waals surface area contributed by atoms with Gasteiger partial charge in [0.25, 0.3) is 0 Å². The molecular formula is C35H61NO6. The van der Waals surface area contributed by atoms with Crippen LogP contribution >= 0.6 is 0 Å². The number of unbranched alkanes of at least 4 members (excludes halogenated alkanes) is 3. The van der Waals surface area contributed by atoms with Gasteiger partial charge in [0, 0.05) is 26.4 Å². The van der Waals surface area contributed by atoms with Gasteiger partial charge in [0.05, 0.1) is 31.0 Å². The van der Waals surface area contributed by atoms with Crippen molar-refractivity contribution < 1.29 is 28.4 Å². The standard InChI is InChI=1S/C35H61NO6/c1-8-12-20-37-31-26(5)23-30(33(38-21-13-9-2)34(31)39-22-14-10-3)40-25-28(36-24-27-18-16-15-17-19-27)32-29(11-4)41-35(6,7)42-32/h15-19,26,28-34,36H,8-14,20-25H2,1-7H3/t26?,28-,29+,30-,31-,32-,33?,34?/m0/s1. The van der Waals surface area contributed by atoms with Gasteiger partial charge in [0.15, 0.2) is 5.79 Å². The van der Waals surface area contributed by atoms with Crippen molar-refractivity contribution in [2.75, 3.05) is 26.4 Å². The first-order valence-electron chi connectivity index (χ1n) is 16.9. The highest BCUT2D eigenvalue weighted by Crippen LogP contribution is 2.36. The first kappa shape index (κ1) is 35.4. The topological polar surface area (TPSA) is 67.4 Å². The lowest BCUT2D eigenvalue weighted by atomic mass is 9.81. The molecule has 7 nitrogen and oxygen atoms in total. The molecule has 1 N–H and O–H groups in total. The summed E-state index contributed by atoms with van der Waals surface area (Å²) < 4.78 is 39.4. The van der Waals surface area contributed by atoms with Crippen molar-refractivity contribution in [2.45, 2.75) is 155 Å². The number of nitrogens with one attached hydrogen (secondary N) is 1. The molecule has 0 amide bonds. The smallest absolute Gasteiger partial charge is 0.163 e. The number of rotatable bonds is 20. The third-order valence-corrected chi connectivity index (χ3v) is 8.53. The summed E-state index contributed by atoms with van der Waals surface area (Å²) in [6.45, 7) is 18.5. The Hall–Kier alpha value is -1.06. The van der Waals surface area contributed by atoms with Gasteiger partial charge in [-0.1, -0.05) is 84.2 Å². The number of ether oxygens (including phenoxy) is 6. The molecule has 242 valence electrons. The monoisotopic (exact) mass is 591 g/mol. The molecule has 3 unspecified atom stereocenters. The van der Waals surface area contributed by atoms with Crippen molar-refractivity contribution in [3.8, 4) is 0 Å². The Balaban J connectivity index is 1.80. The largest absolute Gasteiger partial charge is 0.375 e. The molecule has 1 saturated heterocycles. The zero-order chi connectivity index (χ0) is 30.4. The van der Waals surface area contributed by atoms with E-state index in [1.807, 2.05) is 13.8 Å². The van der Waals surface area contributed by atoms with Crippen LogP contribution in [0.3, 0.4) is 0 Å². The van der Waals surface area contributed by atoms with Gasteiger partial charge in [-0.3, -0.25) is 0 Å².